The first-order valence-corrected chi connectivity index (χ1v) is 11.9. The van der Waals surface area contributed by atoms with Crippen LogP contribution in [-0.4, -0.2) is 60.7 Å². The Kier molecular flexibility index (Phi) is 8.30. The van der Waals surface area contributed by atoms with Crippen LogP contribution in [0.15, 0.2) is 18.3 Å². The number of alkyl halides is 2. The van der Waals surface area contributed by atoms with E-state index in [1.807, 2.05) is 29.8 Å². The second-order valence-electron chi connectivity index (χ2n) is 7.06. The Morgan fingerprint density at radius 1 is 1.41 bits per heavy atom. The summed E-state index contributed by atoms with van der Waals surface area (Å²) < 4.78 is 40.2. The van der Waals surface area contributed by atoms with E-state index in [4.69, 9.17) is 9.47 Å². The third-order valence-corrected chi connectivity index (χ3v) is 6.53. The summed E-state index contributed by atoms with van der Waals surface area (Å²) in [6.45, 7) is 5.56. The largest absolute Gasteiger partial charge is 0.495 e. The lowest BCUT2D eigenvalue weighted by Gasteiger charge is -2.27. The summed E-state index contributed by atoms with van der Waals surface area (Å²) >= 11 is 3.73. The number of aromatic nitrogens is 2. The predicted molar refractivity (Wildman–Crippen MR) is 135 cm³/mol. The molecule has 1 aromatic carbocycles. The summed E-state index contributed by atoms with van der Waals surface area (Å²) in [4.78, 5) is 22.9. The zero-order chi connectivity index (χ0) is 23.5. The van der Waals surface area contributed by atoms with Gasteiger partial charge in [-0.3, -0.25) is 7.91 Å². The molecular formula is C20H23F2I2N5O3. The van der Waals surface area contributed by atoms with E-state index in [1.54, 1.807) is 30.6 Å². The van der Waals surface area contributed by atoms with E-state index in [-0.39, 0.29) is 22.9 Å². The molecule has 8 nitrogen and oxygen atoms in total. The topological polar surface area (TPSA) is 79.8 Å². The van der Waals surface area contributed by atoms with E-state index in [9.17, 15) is 13.6 Å². The molecule has 1 aliphatic heterocycles. The number of halogens is 4. The Bertz CT molecular complexity index is 984. The van der Waals surface area contributed by atoms with E-state index >= 15 is 0 Å². The van der Waals surface area contributed by atoms with Crippen LogP contribution in [0.1, 0.15) is 29.8 Å². The average molecular weight is 673 g/mol. The van der Waals surface area contributed by atoms with Crippen LogP contribution >= 0.6 is 45.5 Å². The molecule has 174 valence electrons. The highest BCUT2D eigenvalue weighted by Gasteiger charge is 2.29. The van der Waals surface area contributed by atoms with Crippen molar-refractivity contribution in [1.82, 2.24) is 14.9 Å². The number of benzene rings is 1. The van der Waals surface area contributed by atoms with Crippen molar-refractivity contribution in [1.29, 1.82) is 0 Å². The van der Waals surface area contributed by atoms with Gasteiger partial charge in [0.25, 0.3) is 5.91 Å². The van der Waals surface area contributed by atoms with Gasteiger partial charge < -0.3 is 19.7 Å². The number of anilines is 3. The fourth-order valence-electron chi connectivity index (χ4n) is 3.12. The number of rotatable bonds is 7. The lowest BCUT2D eigenvalue weighted by atomic mass is 10.1. The quantitative estimate of drug-likeness (QED) is 0.262. The maximum Gasteiger partial charge on any atom is 0.257 e. The standard InChI is InChI=1S/C20H23F2I2N5O3/c1-4-29(24)17-13(20(2,22)23)11-25-19(27-17)26-15-10-14(21)12(9-16(15)31-3)18(30)28-5-7-32-8-6-28/h9-11H,4-8H2,1-3H3,(H,25,26,27). The Balaban J connectivity index is 1.93. The normalized spacial score (nSPS) is 15.8. The summed E-state index contributed by atoms with van der Waals surface area (Å²) in [5.74, 6) is -0.322. The molecule has 1 unspecified atom stereocenters. The lowest BCUT2D eigenvalue weighted by molar-refractivity contribution is 0.0299. The SMILES string of the molecule is CCN(I)c1nc(Nc2cc(F)c(C(=O)N3CCOCC3)cc2OC)ncc1C(C)(F)I. The zero-order valence-corrected chi connectivity index (χ0v) is 22.1. The summed E-state index contributed by atoms with van der Waals surface area (Å²) in [7, 11) is 1.42. The first-order valence-electron chi connectivity index (χ1n) is 9.86. The lowest BCUT2D eigenvalue weighted by Crippen LogP contribution is -2.41. The average Bonchev–Trinajstić information content (AvgIpc) is 2.78. The minimum atomic E-state index is -1.67. The predicted octanol–water partition coefficient (Wildman–Crippen LogP) is 4.59. The Morgan fingerprint density at radius 2 is 2.09 bits per heavy atom. The van der Waals surface area contributed by atoms with Crippen LogP contribution in [0.4, 0.5) is 26.2 Å². The second kappa shape index (κ2) is 10.6. The third-order valence-electron chi connectivity index (χ3n) is 4.81. The van der Waals surface area contributed by atoms with Crippen molar-refractivity contribution in [3.05, 3.63) is 35.3 Å². The molecule has 1 atom stereocenters. The van der Waals surface area contributed by atoms with Gasteiger partial charge in [-0.15, -0.1) is 0 Å². The van der Waals surface area contributed by atoms with Gasteiger partial charge in [0.15, 0.2) is 3.68 Å². The highest BCUT2D eigenvalue weighted by atomic mass is 127. The van der Waals surface area contributed by atoms with Crippen molar-refractivity contribution in [3.8, 4) is 5.75 Å². The van der Waals surface area contributed by atoms with Crippen LogP contribution in [-0.2, 0) is 8.41 Å². The van der Waals surface area contributed by atoms with Crippen LogP contribution in [0, 0.1) is 5.82 Å². The molecule has 3 rings (SSSR count). The Labute approximate surface area is 212 Å². The van der Waals surface area contributed by atoms with Gasteiger partial charge in [-0.2, -0.15) is 4.98 Å². The maximum atomic E-state index is 14.9. The number of methoxy groups -OCH3 is 1. The van der Waals surface area contributed by atoms with Crippen molar-refractivity contribution in [2.24, 2.45) is 0 Å². The van der Waals surface area contributed by atoms with E-state index in [2.05, 4.69) is 15.3 Å². The van der Waals surface area contributed by atoms with E-state index in [0.717, 1.165) is 0 Å². The minimum Gasteiger partial charge on any atom is -0.495 e. The molecule has 12 heteroatoms. The van der Waals surface area contributed by atoms with Gasteiger partial charge in [0.05, 0.1) is 60.0 Å². The molecule has 0 bridgehead atoms. The molecule has 1 aliphatic rings. The summed E-state index contributed by atoms with van der Waals surface area (Å²) in [5, 5.41) is 2.92. The summed E-state index contributed by atoms with van der Waals surface area (Å²) in [5.41, 5.74) is 0.481. The van der Waals surface area contributed by atoms with Gasteiger partial charge in [-0.25, -0.2) is 13.8 Å². The monoisotopic (exact) mass is 673 g/mol. The number of hydrogen-bond donors (Lipinski definition) is 1. The Hall–Kier alpha value is -1.55. The molecule has 2 aromatic rings. The van der Waals surface area contributed by atoms with Gasteiger partial charge in [0.1, 0.15) is 17.4 Å². The van der Waals surface area contributed by atoms with Gasteiger partial charge in [0, 0.05) is 31.9 Å². The van der Waals surface area contributed by atoms with Crippen molar-refractivity contribution < 1.29 is 23.0 Å². The van der Waals surface area contributed by atoms with E-state index in [1.165, 1.54) is 32.4 Å². The zero-order valence-electron chi connectivity index (χ0n) is 17.8. The fraction of sp³-hybridized carbons (Fsp3) is 0.450. The number of carbonyl (C=O) groups excluding carboxylic acids is 1. The van der Waals surface area contributed by atoms with E-state index in [0.29, 0.717) is 44.2 Å². The second-order valence-corrected chi connectivity index (χ2v) is 10.3. The van der Waals surface area contributed by atoms with Gasteiger partial charge in [-0.05, 0) is 42.5 Å². The molecule has 1 N–H and O–H groups in total. The first kappa shape index (κ1) is 25.1. The molecular weight excluding hydrogens is 650 g/mol. The summed E-state index contributed by atoms with van der Waals surface area (Å²) in [6, 6.07) is 2.52. The van der Waals surface area contributed by atoms with Gasteiger partial charge in [-0.1, -0.05) is 0 Å². The molecule has 0 aliphatic carbocycles. The number of hydrogen-bond acceptors (Lipinski definition) is 7. The molecule has 32 heavy (non-hydrogen) atoms. The van der Waals surface area contributed by atoms with Gasteiger partial charge >= 0.3 is 0 Å². The Morgan fingerprint density at radius 3 is 2.69 bits per heavy atom. The van der Waals surface area contributed by atoms with Crippen LogP contribution in [0.25, 0.3) is 0 Å². The first-order chi connectivity index (χ1) is 15.2. The highest BCUT2D eigenvalue weighted by Crippen LogP contribution is 2.39. The molecule has 1 amide bonds. The number of nitrogens with one attached hydrogen (secondary N) is 1. The fourth-order valence-corrected chi connectivity index (χ4v) is 3.87. The van der Waals surface area contributed by atoms with Crippen molar-refractivity contribution in [3.63, 3.8) is 0 Å². The molecule has 1 fully saturated rings. The van der Waals surface area contributed by atoms with Crippen molar-refractivity contribution in [2.45, 2.75) is 17.5 Å². The molecule has 0 spiro atoms. The molecule has 0 radical (unpaired) electrons. The van der Waals surface area contributed by atoms with Crippen molar-refractivity contribution >= 4 is 68.8 Å². The van der Waals surface area contributed by atoms with Crippen LogP contribution in [0.3, 0.4) is 0 Å². The van der Waals surface area contributed by atoms with Crippen molar-refractivity contribution in [2.75, 3.05) is 48.4 Å². The summed E-state index contributed by atoms with van der Waals surface area (Å²) in [6.07, 6.45) is 1.40. The van der Waals surface area contributed by atoms with Crippen LogP contribution < -0.4 is 13.2 Å². The highest BCUT2D eigenvalue weighted by molar-refractivity contribution is 14.1. The van der Waals surface area contributed by atoms with Gasteiger partial charge in [0.2, 0.25) is 5.95 Å². The van der Waals surface area contributed by atoms with E-state index < -0.39 is 15.4 Å². The molecule has 2 heterocycles. The number of carbonyl (C=O) groups is 1. The number of nitrogens with zero attached hydrogens (tertiary/aromatic N) is 4. The number of ether oxygens (including phenoxy) is 2. The minimum absolute atomic E-state index is 0.0891. The third kappa shape index (κ3) is 5.68. The van der Waals surface area contributed by atoms with Crippen LogP contribution in [0.2, 0.25) is 0 Å². The number of morpholine rings is 1. The smallest absolute Gasteiger partial charge is 0.257 e. The molecule has 1 aromatic heterocycles. The number of amides is 1. The molecule has 1 saturated heterocycles. The molecule has 0 saturated carbocycles. The maximum absolute atomic E-state index is 14.9. The van der Waals surface area contributed by atoms with Crippen LogP contribution in [0.5, 0.6) is 5.75 Å².